The average molecular weight is 288 g/mol. The molecule has 0 bridgehead atoms. The lowest BCUT2D eigenvalue weighted by molar-refractivity contribution is -0.143. The van der Waals surface area contributed by atoms with Gasteiger partial charge in [0, 0.05) is 11.2 Å². The Hall–Kier alpha value is -2.13. The van der Waals surface area contributed by atoms with Gasteiger partial charge in [-0.2, -0.15) is 0 Å². The summed E-state index contributed by atoms with van der Waals surface area (Å²) in [6.45, 7) is 0.283. The van der Waals surface area contributed by atoms with Gasteiger partial charge in [0.1, 0.15) is 13.2 Å². The summed E-state index contributed by atoms with van der Waals surface area (Å²) in [5.74, 6) is -0.348. The van der Waals surface area contributed by atoms with Crippen molar-refractivity contribution < 1.29 is 9.53 Å². The van der Waals surface area contributed by atoms with Gasteiger partial charge < -0.3 is 4.74 Å². The summed E-state index contributed by atoms with van der Waals surface area (Å²) >= 11 is 5.78. The number of hydrogen-bond acceptors (Lipinski definition) is 3. The van der Waals surface area contributed by atoms with Crippen LogP contribution in [0.25, 0.3) is 0 Å². The van der Waals surface area contributed by atoms with Crippen LogP contribution in [0.4, 0.5) is 0 Å². The fraction of sp³-hybridized carbons (Fsp3) is 0.125. The van der Waals surface area contributed by atoms with Crippen molar-refractivity contribution in [3.63, 3.8) is 0 Å². The molecule has 0 saturated heterocycles. The van der Waals surface area contributed by atoms with Gasteiger partial charge in [-0.3, -0.25) is 9.79 Å². The van der Waals surface area contributed by atoms with E-state index < -0.39 is 0 Å². The lowest BCUT2D eigenvalue weighted by Gasteiger charge is -2.02. The molecule has 0 aliphatic heterocycles. The number of esters is 1. The smallest absolute Gasteiger partial charge is 0.328 e. The molecular weight excluding hydrogens is 274 g/mol. The van der Waals surface area contributed by atoms with E-state index in [1.807, 2.05) is 42.5 Å². The van der Waals surface area contributed by atoms with Crippen LogP contribution in [0.1, 0.15) is 11.1 Å². The Morgan fingerprint density at radius 1 is 1.10 bits per heavy atom. The van der Waals surface area contributed by atoms with Crippen molar-refractivity contribution in [3.8, 4) is 0 Å². The Labute approximate surface area is 122 Å². The predicted molar refractivity (Wildman–Crippen MR) is 80.2 cm³/mol. The number of carbonyl (C=O) groups excluding carboxylic acids is 1. The third kappa shape index (κ3) is 4.86. The summed E-state index contributed by atoms with van der Waals surface area (Å²) in [5.41, 5.74) is 1.85. The van der Waals surface area contributed by atoms with E-state index in [9.17, 15) is 4.79 Å². The first kappa shape index (κ1) is 14.3. The van der Waals surface area contributed by atoms with Crippen LogP contribution in [0, 0.1) is 0 Å². The number of carbonyl (C=O) groups is 1. The number of nitrogens with zero attached hydrogens (tertiary/aromatic N) is 1. The van der Waals surface area contributed by atoms with Gasteiger partial charge in [-0.1, -0.05) is 54.1 Å². The summed E-state index contributed by atoms with van der Waals surface area (Å²) in [6, 6.07) is 16.8. The highest BCUT2D eigenvalue weighted by molar-refractivity contribution is 6.30. The van der Waals surface area contributed by atoms with Crippen molar-refractivity contribution in [2.75, 3.05) is 6.54 Å². The lowest BCUT2D eigenvalue weighted by Crippen LogP contribution is -2.08. The van der Waals surface area contributed by atoms with Crippen LogP contribution < -0.4 is 0 Å². The Bertz CT molecular complexity index is 579. The van der Waals surface area contributed by atoms with Crippen molar-refractivity contribution in [2.45, 2.75) is 6.61 Å². The van der Waals surface area contributed by atoms with Gasteiger partial charge in [-0.15, -0.1) is 0 Å². The second-order valence-corrected chi connectivity index (χ2v) is 4.60. The molecule has 3 nitrogen and oxygen atoms in total. The standard InChI is InChI=1S/C16H14ClNO2/c17-15-8-6-13(7-9-15)10-18-11-16(19)20-12-14-4-2-1-3-5-14/h1-10H,11-12H2. The van der Waals surface area contributed by atoms with Crippen molar-refractivity contribution in [1.82, 2.24) is 0 Å². The summed E-state index contributed by atoms with van der Waals surface area (Å²) in [6.07, 6.45) is 1.63. The van der Waals surface area contributed by atoms with E-state index in [1.165, 1.54) is 0 Å². The molecule has 0 radical (unpaired) electrons. The molecule has 0 atom stereocenters. The number of ether oxygens (including phenoxy) is 1. The second-order valence-electron chi connectivity index (χ2n) is 4.17. The highest BCUT2D eigenvalue weighted by Gasteiger charge is 2.01. The maximum Gasteiger partial charge on any atom is 0.328 e. The van der Waals surface area contributed by atoms with Gasteiger partial charge in [0.2, 0.25) is 0 Å². The van der Waals surface area contributed by atoms with Gasteiger partial charge in [-0.25, -0.2) is 0 Å². The number of halogens is 1. The topological polar surface area (TPSA) is 38.7 Å². The molecule has 2 rings (SSSR count). The van der Waals surface area contributed by atoms with E-state index in [2.05, 4.69) is 4.99 Å². The third-order valence-corrected chi connectivity index (χ3v) is 2.83. The Balaban J connectivity index is 1.76. The molecule has 4 heteroatoms. The maximum atomic E-state index is 11.5. The fourth-order valence-corrected chi connectivity index (χ4v) is 1.68. The molecule has 0 aliphatic rings. The van der Waals surface area contributed by atoms with Gasteiger partial charge in [-0.05, 0) is 23.3 Å². The Morgan fingerprint density at radius 2 is 1.80 bits per heavy atom. The lowest BCUT2D eigenvalue weighted by atomic mass is 10.2. The normalized spacial score (nSPS) is 10.7. The first-order chi connectivity index (χ1) is 9.74. The van der Waals surface area contributed by atoms with Crippen molar-refractivity contribution in [1.29, 1.82) is 0 Å². The average Bonchev–Trinajstić information content (AvgIpc) is 2.48. The van der Waals surface area contributed by atoms with Gasteiger partial charge in [0.15, 0.2) is 0 Å². The molecular formula is C16H14ClNO2. The first-order valence-corrected chi connectivity index (χ1v) is 6.57. The zero-order valence-electron chi connectivity index (χ0n) is 10.8. The summed E-state index contributed by atoms with van der Waals surface area (Å²) in [4.78, 5) is 15.5. The monoisotopic (exact) mass is 287 g/mol. The highest BCUT2D eigenvalue weighted by atomic mass is 35.5. The SMILES string of the molecule is O=C(CN=Cc1ccc(Cl)cc1)OCc1ccccc1. The van der Waals surface area contributed by atoms with Crippen LogP contribution in [-0.4, -0.2) is 18.7 Å². The summed E-state index contributed by atoms with van der Waals surface area (Å²) in [5, 5.41) is 0.671. The molecule has 0 fully saturated rings. The fourth-order valence-electron chi connectivity index (χ4n) is 1.56. The Morgan fingerprint density at radius 3 is 2.50 bits per heavy atom. The van der Waals surface area contributed by atoms with E-state index in [0.717, 1.165) is 11.1 Å². The molecule has 0 aliphatic carbocycles. The molecule has 0 amide bonds. The predicted octanol–water partition coefficient (Wildman–Crippen LogP) is 3.50. The molecule has 0 heterocycles. The molecule has 0 unspecified atom stereocenters. The van der Waals surface area contributed by atoms with E-state index >= 15 is 0 Å². The minimum Gasteiger partial charge on any atom is -0.459 e. The quantitative estimate of drug-likeness (QED) is 0.623. The first-order valence-electron chi connectivity index (χ1n) is 6.19. The maximum absolute atomic E-state index is 11.5. The molecule has 0 N–H and O–H groups in total. The van der Waals surface area contributed by atoms with Crippen molar-refractivity contribution in [2.24, 2.45) is 4.99 Å². The van der Waals surface area contributed by atoms with E-state index in [-0.39, 0.29) is 19.1 Å². The zero-order chi connectivity index (χ0) is 14.2. The molecule has 0 aromatic heterocycles. The number of benzene rings is 2. The molecule has 0 spiro atoms. The van der Waals surface area contributed by atoms with Crippen LogP contribution in [0.3, 0.4) is 0 Å². The van der Waals surface area contributed by atoms with Gasteiger partial charge >= 0.3 is 5.97 Å². The molecule has 102 valence electrons. The molecule has 2 aromatic rings. The van der Waals surface area contributed by atoms with Gasteiger partial charge in [0.25, 0.3) is 0 Å². The van der Waals surface area contributed by atoms with Crippen molar-refractivity contribution >= 4 is 23.8 Å². The van der Waals surface area contributed by atoms with Crippen LogP contribution in [0.15, 0.2) is 59.6 Å². The Kier molecular flexibility index (Phi) is 5.33. The van der Waals surface area contributed by atoms with E-state index in [4.69, 9.17) is 16.3 Å². The largest absolute Gasteiger partial charge is 0.459 e. The minimum absolute atomic E-state index is 0.00938. The molecule has 0 saturated carbocycles. The van der Waals surface area contributed by atoms with Crippen molar-refractivity contribution in [3.05, 3.63) is 70.7 Å². The number of hydrogen-bond donors (Lipinski definition) is 0. The third-order valence-electron chi connectivity index (χ3n) is 2.57. The van der Waals surface area contributed by atoms with Crippen LogP contribution in [0.5, 0.6) is 0 Å². The van der Waals surface area contributed by atoms with Crippen LogP contribution in [-0.2, 0) is 16.1 Å². The zero-order valence-corrected chi connectivity index (χ0v) is 11.6. The van der Waals surface area contributed by atoms with Crippen LogP contribution in [0.2, 0.25) is 5.02 Å². The second kappa shape index (κ2) is 7.46. The van der Waals surface area contributed by atoms with E-state index in [1.54, 1.807) is 18.3 Å². The highest BCUT2D eigenvalue weighted by Crippen LogP contribution is 2.07. The minimum atomic E-state index is -0.348. The van der Waals surface area contributed by atoms with E-state index in [0.29, 0.717) is 5.02 Å². The molecule has 20 heavy (non-hydrogen) atoms. The van der Waals surface area contributed by atoms with Gasteiger partial charge in [0.05, 0.1) is 0 Å². The summed E-state index contributed by atoms with van der Waals surface area (Å²) in [7, 11) is 0. The summed E-state index contributed by atoms with van der Waals surface area (Å²) < 4.78 is 5.11. The molecule has 2 aromatic carbocycles. The van der Waals surface area contributed by atoms with Crippen LogP contribution >= 0.6 is 11.6 Å². The number of rotatable bonds is 5. The number of aliphatic imine (C=N–C) groups is 1.